The number of aromatic nitrogens is 3. The molecular weight excluding hydrogens is 440 g/mol. The third-order valence-corrected chi connectivity index (χ3v) is 6.74. The Morgan fingerprint density at radius 2 is 2.00 bits per heavy atom. The quantitative estimate of drug-likeness (QED) is 0.385. The van der Waals surface area contributed by atoms with Gasteiger partial charge in [-0.3, -0.25) is 4.79 Å². The molecule has 3 aromatic rings. The van der Waals surface area contributed by atoms with Gasteiger partial charge in [0.05, 0.1) is 23.7 Å². The highest BCUT2D eigenvalue weighted by atomic mass is 35.5. The van der Waals surface area contributed by atoms with E-state index in [4.69, 9.17) is 16.3 Å². The van der Waals surface area contributed by atoms with Crippen molar-refractivity contribution in [3.05, 3.63) is 45.6 Å². The molecule has 2 aromatic heterocycles. The Morgan fingerprint density at radius 3 is 2.63 bits per heavy atom. The molecule has 0 saturated heterocycles. The molecule has 0 aliphatic carbocycles. The number of rotatable bonds is 10. The van der Waals surface area contributed by atoms with Crippen LogP contribution in [0.25, 0.3) is 11.4 Å². The third-order valence-electron chi connectivity index (χ3n) is 4.57. The molecule has 160 valence electrons. The molecule has 0 unspecified atom stereocenters. The van der Waals surface area contributed by atoms with Crippen LogP contribution in [-0.4, -0.2) is 45.5 Å². The molecule has 0 N–H and O–H groups in total. The second-order valence-corrected chi connectivity index (χ2v) is 9.53. The number of thiophene rings is 1. The predicted octanol–water partition coefficient (Wildman–Crippen LogP) is 5.22. The molecule has 0 atom stereocenters. The highest BCUT2D eigenvalue weighted by Crippen LogP contribution is 2.27. The van der Waals surface area contributed by atoms with Crippen LogP contribution in [0.15, 0.2) is 41.6 Å². The summed E-state index contributed by atoms with van der Waals surface area (Å²) in [6.45, 7) is 3.51. The lowest BCUT2D eigenvalue weighted by Crippen LogP contribution is -2.27. The number of carbonyl (C=O) groups is 1. The molecule has 0 aliphatic rings. The summed E-state index contributed by atoms with van der Waals surface area (Å²) in [4.78, 5) is 15.4. The number of nitrogens with zero attached hydrogens (tertiary/aromatic N) is 4. The number of carbonyl (C=O) groups excluding carboxylic acids is 1. The van der Waals surface area contributed by atoms with Gasteiger partial charge in [-0.1, -0.05) is 36.7 Å². The van der Waals surface area contributed by atoms with Gasteiger partial charge in [-0.15, -0.1) is 21.5 Å². The van der Waals surface area contributed by atoms with Crippen molar-refractivity contribution in [1.29, 1.82) is 0 Å². The van der Waals surface area contributed by atoms with Gasteiger partial charge in [0.2, 0.25) is 5.91 Å². The Hall–Kier alpha value is -2.03. The Balaban J connectivity index is 1.69. The van der Waals surface area contributed by atoms with Crippen molar-refractivity contribution in [2.45, 2.75) is 38.0 Å². The summed E-state index contributed by atoms with van der Waals surface area (Å²) in [5, 5.41) is 9.53. The number of hydrogen-bond donors (Lipinski definition) is 0. The van der Waals surface area contributed by atoms with E-state index in [1.165, 1.54) is 23.1 Å². The van der Waals surface area contributed by atoms with Crippen LogP contribution in [0.3, 0.4) is 0 Å². The largest absolute Gasteiger partial charge is 0.497 e. The van der Waals surface area contributed by atoms with Crippen molar-refractivity contribution in [3.8, 4) is 17.1 Å². The number of ether oxygens (including phenoxy) is 1. The summed E-state index contributed by atoms with van der Waals surface area (Å²) >= 11 is 8.90. The van der Waals surface area contributed by atoms with Gasteiger partial charge < -0.3 is 14.2 Å². The van der Waals surface area contributed by atoms with Crippen molar-refractivity contribution in [3.63, 3.8) is 0 Å². The Morgan fingerprint density at radius 1 is 1.23 bits per heavy atom. The summed E-state index contributed by atoms with van der Waals surface area (Å²) in [5.41, 5.74) is 0.976. The normalized spacial score (nSPS) is 10.9. The standard InChI is InChI=1S/C21H25ClN4O2S2/c1-4-5-12-26-20(15-6-8-16(28-3)9-7-15)23-24-21(26)29-14-19(27)25(2)13-17-10-11-18(22)30-17/h6-11H,4-5,12-14H2,1-3H3. The van der Waals surface area contributed by atoms with Gasteiger partial charge in [0.15, 0.2) is 11.0 Å². The van der Waals surface area contributed by atoms with E-state index in [1.54, 1.807) is 19.1 Å². The summed E-state index contributed by atoms with van der Waals surface area (Å²) in [7, 11) is 3.45. The minimum absolute atomic E-state index is 0.0422. The molecule has 9 heteroatoms. The zero-order valence-electron chi connectivity index (χ0n) is 17.3. The predicted molar refractivity (Wildman–Crippen MR) is 123 cm³/mol. The third kappa shape index (κ3) is 5.77. The SMILES string of the molecule is CCCCn1c(SCC(=O)N(C)Cc2ccc(Cl)s2)nnc1-c1ccc(OC)cc1. The van der Waals surface area contributed by atoms with E-state index in [2.05, 4.69) is 21.7 Å². The van der Waals surface area contributed by atoms with E-state index in [9.17, 15) is 4.79 Å². The smallest absolute Gasteiger partial charge is 0.233 e. The van der Waals surface area contributed by atoms with Gasteiger partial charge in [-0.2, -0.15) is 0 Å². The second-order valence-electron chi connectivity index (χ2n) is 6.78. The molecular formula is C21H25ClN4O2S2. The van der Waals surface area contributed by atoms with Crippen LogP contribution in [0.2, 0.25) is 4.34 Å². The Kier molecular flexibility index (Phi) is 8.18. The van der Waals surface area contributed by atoms with Crippen LogP contribution < -0.4 is 4.74 Å². The van der Waals surface area contributed by atoms with Crippen molar-refractivity contribution in [2.75, 3.05) is 19.9 Å². The Bertz CT molecular complexity index is 972. The molecule has 3 rings (SSSR count). The monoisotopic (exact) mass is 464 g/mol. The number of thioether (sulfide) groups is 1. The maximum absolute atomic E-state index is 12.6. The maximum Gasteiger partial charge on any atom is 0.233 e. The van der Waals surface area contributed by atoms with E-state index < -0.39 is 0 Å². The van der Waals surface area contributed by atoms with Crippen LogP contribution >= 0.6 is 34.7 Å². The first kappa shape index (κ1) is 22.7. The van der Waals surface area contributed by atoms with Crippen LogP contribution in [0.4, 0.5) is 0 Å². The molecule has 1 aromatic carbocycles. The van der Waals surface area contributed by atoms with Gasteiger partial charge in [0.25, 0.3) is 0 Å². The van der Waals surface area contributed by atoms with Crippen LogP contribution in [0.5, 0.6) is 5.75 Å². The van der Waals surface area contributed by atoms with Gasteiger partial charge in [0, 0.05) is 24.0 Å². The number of hydrogen-bond acceptors (Lipinski definition) is 6. The van der Waals surface area contributed by atoms with Gasteiger partial charge in [-0.05, 0) is 42.8 Å². The molecule has 0 aliphatic heterocycles. The second kappa shape index (κ2) is 10.8. The van der Waals surface area contributed by atoms with E-state index in [1.807, 2.05) is 36.4 Å². The number of benzene rings is 1. The van der Waals surface area contributed by atoms with E-state index in [0.717, 1.165) is 50.9 Å². The highest BCUT2D eigenvalue weighted by molar-refractivity contribution is 7.99. The lowest BCUT2D eigenvalue weighted by atomic mass is 10.2. The molecule has 0 spiro atoms. The van der Waals surface area contributed by atoms with E-state index in [-0.39, 0.29) is 5.91 Å². The van der Waals surface area contributed by atoms with Gasteiger partial charge >= 0.3 is 0 Å². The molecule has 0 saturated carbocycles. The first-order valence-corrected chi connectivity index (χ1v) is 11.9. The van der Waals surface area contributed by atoms with Crippen LogP contribution in [0, 0.1) is 0 Å². The van der Waals surface area contributed by atoms with Crippen molar-refractivity contribution in [2.24, 2.45) is 0 Å². The molecule has 30 heavy (non-hydrogen) atoms. The number of halogens is 1. The maximum atomic E-state index is 12.6. The van der Waals surface area contributed by atoms with Gasteiger partial charge in [0.1, 0.15) is 5.75 Å². The topological polar surface area (TPSA) is 60.2 Å². The zero-order chi connectivity index (χ0) is 21.5. The van der Waals surface area contributed by atoms with Crippen LogP contribution in [0.1, 0.15) is 24.6 Å². The summed E-state index contributed by atoms with van der Waals surface area (Å²) in [6, 6.07) is 11.6. The molecule has 0 radical (unpaired) electrons. The first-order chi connectivity index (χ1) is 14.5. The summed E-state index contributed by atoms with van der Waals surface area (Å²) < 4.78 is 8.07. The van der Waals surface area contributed by atoms with Crippen molar-refractivity contribution in [1.82, 2.24) is 19.7 Å². The Labute approximate surface area is 190 Å². The van der Waals surface area contributed by atoms with Crippen molar-refractivity contribution < 1.29 is 9.53 Å². The molecule has 0 bridgehead atoms. The van der Waals surface area contributed by atoms with E-state index >= 15 is 0 Å². The number of methoxy groups -OCH3 is 1. The fourth-order valence-electron chi connectivity index (χ4n) is 2.86. The molecule has 6 nitrogen and oxygen atoms in total. The minimum Gasteiger partial charge on any atom is -0.497 e. The van der Waals surface area contributed by atoms with Gasteiger partial charge in [-0.25, -0.2) is 0 Å². The zero-order valence-corrected chi connectivity index (χ0v) is 19.7. The minimum atomic E-state index is 0.0422. The fourth-order valence-corrected chi connectivity index (χ4v) is 4.91. The summed E-state index contributed by atoms with van der Waals surface area (Å²) in [6.07, 6.45) is 2.08. The molecule has 1 amide bonds. The van der Waals surface area contributed by atoms with Crippen LogP contribution in [-0.2, 0) is 17.9 Å². The number of amides is 1. The lowest BCUT2D eigenvalue weighted by molar-refractivity contribution is -0.127. The number of unbranched alkanes of at least 4 members (excludes halogenated alkanes) is 1. The molecule has 0 fully saturated rings. The lowest BCUT2D eigenvalue weighted by Gasteiger charge is -2.16. The first-order valence-electron chi connectivity index (χ1n) is 9.70. The van der Waals surface area contributed by atoms with E-state index in [0.29, 0.717) is 12.3 Å². The summed E-state index contributed by atoms with van der Waals surface area (Å²) in [5.74, 6) is 1.96. The average Bonchev–Trinajstić information content (AvgIpc) is 3.35. The fraction of sp³-hybridized carbons (Fsp3) is 0.381. The average molecular weight is 465 g/mol. The van der Waals surface area contributed by atoms with Crippen molar-refractivity contribution >= 4 is 40.6 Å². The highest BCUT2D eigenvalue weighted by Gasteiger charge is 2.17. The molecule has 2 heterocycles.